The monoisotopic (exact) mass is 330 g/mol. The summed E-state index contributed by atoms with van der Waals surface area (Å²) in [6.45, 7) is 3.59. The Morgan fingerprint density at radius 3 is 2.44 bits per heavy atom. The molecule has 0 aromatic heterocycles. The van der Waals surface area contributed by atoms with Crippen molar-refractivity contribution in [1.82, 2.24) is 4.90 Å². The number of nitrogens with zero attached hydrogens (tertiary/aromatic N) is 1. The van der Waals surface area contributed by atoms with Crippen LogP contribution in [0.1, 0.15) is 12.8 Å². The van der Waals surface area contributed by atoms with Gasteiger partial charge in [-0.25, -0.2) is 0 Å². The Morgan fingerprint density at radius 2 is 1.72 bits per heavy atom. The fraction of sp³-hybridized carbons (Fsp3) is 0.381. The van der Waals surface area contributed by atoms with E-state index in [4.69, 9.17) is 0 Å². The largest absolute Gasteiger partial charge is 0.323 e. The third-order valence-electron chi connectivity index (χ3n) is 6.37. The molecule has 2 aromatic rings. The van der Waals surface area contributed by atoms with Crippen molar-refractivity contribution < 1.29 is 4.79 Å². The summed E-state index contributed by atoms with van der Waals surface area (Å²) in [5.41, 5.74) is 3.30. The Morgan fingerprint density at radius 1 is 1.00 bits per heavy atom. The Kier molecular flexibility index (Phi) is 3.49. The van der Waals surface area contributed by atoms with Gasteiger partial charge < -0.3 is 10.2 Å². The van der Waals surface area contributed by atoms with Crippen LogP contribution in [0.15, 0.2) is 53.5 Å². The van der Waals surface area contributed by atoms with Gasteiger partial charge in [-0.3, -0.25) is 4.79 Å². The molecule has 4 heteroatoms. The second-order valence-corrected chi connectivity index (χ2v) is 8.05. The average Bonchev–Trinajstić information content (AvgIpc) is 2.60. The van der Waals surface area contributed by atoms with E-state index in [0.29, 0.717) is 11.8 Å². The highest BCUT2D eigenvalue weighted by molar-refractivity contribution is 6.39. The molecule has 126 valence electrons. The lowest BCUT2D eigenvalue weighted by molar-refractivity contribution is -0.112. The maximum absolute atomic E-state index is 12.9. The second kappa shape index (κ2) is 5.74. The van der Waals surface area contributed by atoms with Crippen molar-refractivity contribution in [3.8, 4) is 0 Å². The number of hydrogen-bond donors (Lipinski definition) is 1. The molecule has 1 N–H and O–H groups in total. The van der Waals surface area contributed by atoms with E-state index in [1.807, 2.05) is 26.0 Å². The molecule has 0 radical (unpaired) electrons. The molecule has 3 nitrogen and oxygen atoms in total. The summed E-state index contributed by atoms with van der Waals surface area (Å²) in [4.78, 5) is 15.5. The number of benzene rings is 2. The summed E-state index contributed by atoms with van der Waals surface area (Å²) in [5.74, 6) is 2.15. The Bertz CT molecular complexity index is 858. The molecule has 0 spiro atoms. The van der Waals surface area contributed by atoms with E-state index in [-0.39, 0.29) is 5.91 Å². The number of carbonyl (C=O) groups excluding carboxylic acids is 1. The first-order valence-corrected chi connectivity index (χ1v) is 9.40. The van der Waals surface area contributed by atoms with Gasteiger partial charge >= 0.3 is 0 Å². The number of hydrogen-bond acceptors (Lipinski definition) is 2. The molecule has 4 aliphatic rings. The summed E-state index contributed by atoms with van der Waals surface area (Å²) in [6.07, 6.45) is 2.56. The van der Waals surface area contributed by atoms with Crippen LogP contribution in [0.4, 0.5) is 5.69 Å². The maximum atomic E-state index is 12.9. The van der Waals surface area contributed by atoms with Crippen LogP contribution in [0, 0.1) is 17.8 Å². The Labute approximate surface area is 149 Å². The zero-order valence-electron chi connectivity index (χ0n) is 14.7. The quantitative estimate of drug-likeness (QED) is 0.678. The van der Waals surface area contributed by atoms with Crippen molar-refractivity contribution in [2.24, 2.45) is 17.8 Å². The summed E-state index contributed by atoms with van der Waals surface area (Å²) >= 11 is 0. The molecule has 2 atom stereocenters. The highest BCUT2D eigenvalue weighted by atomic mass is 16.1. The minimum atomic E-state index is 0.0766. The fourth-order valence-corrected chi connectivity index (χ4v) is 5.43. The van der Waals surface area contributed by atoms with Crippen LogP contribution in [0.3, 0.4) is 0 Å². The van der Waals surface area contributed by atoms with Crippen LogP contribution in [0.2, 0.25) is 0 Å². The highest BCUT2D eigenvalue weighted by Crippen LogP contribution is 2.47. The first kappa shape index (κ1) is 15.2. The van der Waals surface area contributed by atoms with Gasteiger partial charge in [-0.1, -0.05) is 35.9 Å². The van der Waals surface area contributed by atoms with Crippen molar-refractivity contribution in [3.63, 3.8) is 0 Å². The normalized spacial score (nSPS) is 29.8. The van der Waals surface area contributed by atoms with E-state index < -0.39 is 0 Å². The lowest BCUT2D eigenvalue weighted by atomic mass is 9.62. The number of amides is 1. The van der Waals surface area contributed by atoms with Gasteiger partial charge in [-0.05, 0) is 59.0 Å². The molecule has 4 fully saturated rings. The van der Waals surface area contributed by atoms with Gasteiger partial charge in [0.15, 0.2) is 0 Å². The van der Waals surface area contributed by atoms with E-state index >= 15 is 0 Å². The van der Waals surface area contributed by atoms with Gasteiger partial charge in [0.2, 0.25) is 5.91 Å². The summed E-state index contributed by atoms with van der Waals surface area (Å²) in [7, 11) is 2.03. The maximum Gasteiger partial charge on any atom is 0.241 e. The molecular weight excluding hydrogens is 307 g/mol. The van der Waals surface area contributed by atoms with Crippen LogP contribution in [0.5, 0.6) is 0 Å². The zero-order chi connectivity index (χ0) is 17.0. The molecule has 3 heterocycles. The van der Waals surface area contributed by atoms with Gasteiger partial charge in [0.05, 0.1) is 0 Å². The number of fused-ring (bicyclic) bond motifs is 1. The SMILES string of the molecule is BC(C(=O)Nc1ccc2ccccc2c1)=C1C2CC3CC1CN(C3)C2. The van der Waals surface area contributed by atoms with Gasteiger partial charge in [0.1, 0.15) is 7.85 Å². The van der Waals surface area contributed by atoms with Crippen molar-refractivity contribution in [3.05, 3.63) is 53.5 Å². The van der Waals surface area contributed by atoms with Crippen LogP contribution in [-0.4, -0.2) is 38.3 Å². The number of anilines is 1. The zero-order valence-corrected chi connectivity index (χ0v) is 14.7. The molecule has 2 aromatic carbocycles. The lowest BCUT2D eigenvalue weighted by Gasteiger charge is -2.53. The van der Waals surface area contributed by atoms with E-state index in [0.717, 1.165) is 35.6 Å². The van der Waals surface area contributed by atoms with E-state index in [1.54, 1.807) is 0 Å². The molecule has 1 saturated carbocycles. The minimum Gasteiger partial charge on any atom is -0.323 e. The van der Waals surface area contributed by atoms with Crippen LogP contribution in [0.25, 0.3) is 10.8 Å². The van der Waals surface area contributed by atoms with Gasteiger partial charge in [-0.2, -0.15) is 0 Å². The van der Waals surface area contributed by atoms with Crippen molar-refractivity contribution in [1.29, 1.82) is 0 Å². The van der Waals surface area contributed by atoms with Gasteiger partial charge in [0.25, 0.3) is 0 Å². The van der Waals surface area contributed by atoms with Crippen LogP contribution in [-0.2, 0) is 4.79 Å². The summed E-state index contributed by atoms with van der Waals surface area (Å²) < 4.78 is 0. The second-order valence-electron chi connectivity index (χ2n) is 8.05. The molecule has 6 rings (SSSR count). The molecule has 4 bridgehead atoms. The average molecular weight is 330 g/mol. The van der Waals surface area contributed by atoms with Gasteiger partial charge in [-0.15, -0.1) is 0 Å². The molecular formula is C21H23BN2O. The standard InChI is InChI=1S/C21H23BN2O/c22-20(19-16-7-13-8-17(19)12-24(10-13)11-16)21(25)23-18-6-5-14-3-1-2-4-15(14)9-18/h1-6,9,13,16-17H,7-8,10-12,22H2,(H,23,25). The Hall–Kier alpha value is -2.07. The first-order valence-electron chi connectivity index (χ1n) is 9.40. The molecule has 25 heavy (non-hydrogen) atoms. The first-order chi connectivity index (χ1) is 12.2. The highest BCUT2D eigenvalue weighted by Gasteiger charge is 2.45. The predicted octanol–water partition coefficient (Wildman–Crippen LogP) is 2.64. The van der Waals surface area contributed by atoms with Crippen LogP contribution < -0.4 is 5.32 Å². The Balaban J connectivity index is 1.41. The topological polar surface area (TPSA) is 32.3 Å². The number of piperidine rings is 3. The summed E-state index contributed by atoms with van der Waals surface area (Å²) in [5, 5.41) is 5.49. The minimum absolute atomic E-state index is 0.0766. The lowest BCUT2D eigenvalue weighted by Crippen LogP contribution is -2.55. The number of rotatable bonds is 2. The number of carbonyl (C=O) groups is 1. The molecule has 1 amide bonds. The van der Waals surface area contributed by atoms with Crippen molar-refractivity contribution in [2.45, 2.75) is 12.8 Å². The molecule has 1 aliphatic carbocycles. The number of nitrogens with one attached hydrogen (secondary N) is 1. The predicted molar refractivity (Wildman–Crippen MR) is 104 cm³/mol. The van der Waals surface area contributed by atoms with E-state index in [9.17, 15) is 4.79 Å². The molecule has 2 unspecified atom stereocenters. The third kappa shape index (κ3) is 2.60. The van der Waals surface area contributed by atoms with Gasteiger partial charge in [0, 0.05) is 25.3 Å². The fourth-order valence-electron chi connectivity index (χ4n) is 5.43. The molecule has 3 aliphatic heterocycles. The molecule has 3 saturated heterocycles. The summed E-state index contributed by atoms with van der Waals surface area (Å²) in [6, 6.07) is 14.4. The van der Waals surface area contributed by atoms with Crippen molar-refractivity contribution >= 4 is 30.2 Å². The van der Waals surface area contributed by atoms with Crippen LogP contribution >= 0.6 is 0 Å². The third-order valence-corrected chi connectivity index (χ3v) is 6.37. The van der Waals surface area contributed by atoms with E-state index in [1.165, 1.54) is 30.3 Å². The van der Waals surface area contributed by atoms with E-state index in [2.05, 4.69) is 34.5 Å². The smallest absolute Gasteiger partial charge is 0.241 e. The van der Waals surface area contributed by atoms with Crippen molar-refractivity contribution in [2.75, 3.05) is 25.0 Å².